The molecule has 1 aromatic heterocycles. The lowest BCUT2D eigenvalue weighted by Crippen LogP contribution is -2.57. The van der Waals surface area contributed by atoms with Crippen LogP contribution in [-0.4, -0.2) is 81.1 Å². The van der Waals surface area contributed by atoms with E-state index < -0.39 is 34.1 Å². The topological polar surface area (TPSA) is 159 Å². The number of hydrogen-bond donors (Lipinski definition) is 3. The summed E-state index contributed by atoms with van der Waals surface area (Å²) in [5.41, 5.74) is 1.03. The molecule has 2 fully saturated rings. The number of carbonyl (C=O) groups excluding carboxylic acids is 3. The van der Waals surface area contributed by atoms with Crippen LogP contribution in [0.15, 0.2) is 30.3 Å². The number of carbonyl (C=O) groups is 3. The number of anilines is 2. The van der Waals surface area contributed by atoms with Crippen molar-refractivity contribution in [2.24, 2.45) is 5.92 Å². The summed E-state index contributed by atoms with van der Waals surface area (Å²) in [7, 11) is -0.907. The second-order valence-electron chi connectivity index (χ2n) is 10.9. The molecular weight excluding hydrogens is 629 g/mol. The minimum Gasteiger partial charge on any atom is -0.343 e. The molecule has 2 heterocycles. The maximum atomic E-state index is 14.1. The molecule has 0 spiro atoms. The van der Waals surface area contributed by atoms with E-state index in [2.05, 4.69) is 25.8 Å². The van der Waals surface area contributed by atoms with Crippen molar-refractivity contribution in [3.05, 3.63) is 30.3 Å². The van der Waals surface area contributed by atoms with Crippen molar-refractivity contribution in [3.8, 4) is 11.3 Å². The van der Waals surface area contributed by atoms with E-state index in [0.29, 0.717) is 47.9 Å². The zero-order chi connectivity index (χ0) is 31.9. The van der Waals surface area contributed by atoms with Crippen LogP contribution in [0.1, 0.15) is 51.9 Å². The molecule has 4 rings (SSSR count). The molecule has 2 aliphatic rings. The van der Waals surface area contributed by atoms with Gasteiger partial charge >= 0.3 is 0 Å². The predicted octanol–water partition coefficient (Wildman–Crippen LogP) is 3.32. The third-order valence-corrected chi connectivity index (χ3v) is 11.3. The Labute approximate surface area is 266 Å². The Balaban J connectivity index is 1.61. The third kappa shape index (κ3) is 8.28. The number of nitrogens with zero attached hydrogens (tertiary/aromatic N) is 3. The lowest BCUT2D eigenvalue weighted by atomic mass is 9.83. The van der Waals surface area contributed by atoms with Gasteiger partial charge in [0.05, 0.1) is 19.4 Å². The molecule has 3 atom stereocenters. The van der Waals surface area contributed by atoms with Crippen LogP contribution in [0, 0.1) is 5.92 Å². The first-order valence-electron chi connectivity index (χ1n) is 14.6. The monoisotopic (exact) mass is 668 g/mol. The highest BCUT2D eigenvalue weighted by atomic mass is 32.3. The normalized spacial score (nSPS) is 18.9. The van der Waals surface area contributed by atoms with Crippen LogP contribution in [0.5, 0.6) is 0 Å². The molecule has 1 aromatic carbocycles. The Morgan fingerprint density at radius 3 is 2.45 bits per heavy atom. The highest BCUT2D eigenvalue weighted by Crippen LogP contribution is 2.41. The highest BCUT2D eigenvalue weighted by Gasteiger charge is 2.41. The summed E-state index contributed by atoms with van der Waals surface area (Å²) < 4.78 is 30.8. The zero-order valence-electron chi connectivity index (χ0n) is 25.3. The number of amides is 3. The fourth-order valence-corrected chi connectivity index (χ4v) is 8.07. The summed E-state index contributed by atoms with van der Waals surface area (Å²) in [6.07, 6.45) is 6.84. The molecule has 3 N–H and O–H groups in total. The molecule has 1 saturated carbocycles. The summed E-state index contributed by atoms with van der Waals surface area (Å²) in [5, 5.41) is 9.20. The first-order valence-corrected chi connectivity index (χ1v) is 17.9. The SMILES string of the molecule is CN[C@@H](C)C(=O)N[C@H](C(=O)N1CCC[C@H]1C(=O)Nc1sc(N(SOOC)S(C)(=O)=O)nc1-c1ccccc1)C1CCCCC1. The van der Waals surface area contributed by atoms with Gasteiger partial charge in [0.15, 0.2) is 12.2 Å². The van der Waals surface area contributed by atoms with E-state index in [4.69, 9.17) is 4.33 Å². The molecular formula is C28H40N6O7S3. The quantitative estimate of drug-likeness (QED) is 0.125. The van der Waals surface area contributed by atoms with Gasteiger partial charge in [-0.15, -0.1) is 4.33 Å². The van der Waals surface area contributed by atoms with Crippen LogP contribution in [0.2, 0.25) is 0 Å². The smallest absolute Gasteiger partial charge is 0.247 e. The largest absolute Gasteiger partial charge is 0.343 e. The molecule has 1 aliphatic carbocycles. The minimum atomic E-state index is -3.84. The number of nitrogens with one attached hydrogen (secondary N) is 3. The molecule has 1 saturated heterocycles. The Hall–Kier alpha value is -2.76. The molecule has 0 radical (unpaired) electrons. The molecule has 0 bridgehead atoms. The lowest BCUT2D eigenvalue weighted by Gasteiger charge is -2.35. The van der Waals surface area contributed by atoms with Gasteiger partial charge in [-0.2, -0.15) is 3.71 Å². The molecule has 44 heavy (non-hydrogen) atoms. The van der Waals surface area contributed by atoms with E-state index in [9.17, 15) is 22.8 Å². The molecule has 242 valence electrons. The second kappa shape index (κ2) is 15.5. The van der Waals surface area contributed by atoms with Gasteiger partial charge in [0, 0.05) is 12.1 Å². The highest BCUT2D eigenvalue weighted by molar-refractivity contribution is 8.12. The van der Waals surface area contributed by atoms with Crippen molar-refractivity contribution in [2.45, 2.75) is 70.0 Å². The number of benzene rings is 1. The van der Waals surface area contributed by atoms with E-state index in [1.165, 1.54) is 7.11 Å². The van der Waals surface area contributed by atoms with Crippen molar-refractivity contribution in [1.29, 1.82) is 0 Å². The molecule has 3 amide bonds. The van der Waals surface area contributed by atoms with Crippen molar-refractivity contribution in [3.63, 3.8) is 0 Å². The average molecular weight is 669 g/mol. The van der Waals surface area contributed by atoms with Crippen LogP contribution in [-0.2, 0) is 33.6 Å². The van der Waals surface area contributed by atoms with E-state index in [1.54, 1.807) is 31.0 Å². The van der Waals surface area contributed by atoms with Gasteiger partial charge in [-0.05, 0) is 45.6 Å². The third-order valence-electron chi connectivity index (χ3n) is 7.87. The number of likely N-dealkylation sites (N-methyl/N-ethyl adjacent to an activating group) is 1. The summed E-state index contributed by atoms with van der Waals surface area (Å²) >= 11 is 1.40. The maximum absolute atomic E-state index is 14.1. The minimum absolute atomic E-state index is 0.00361. The number of aromatic nitrogens is 1. The van der Waals surface area contributed by atoms with E-state index in [1.807, 2.05) is 18.2 Å². The number of sulfonamides is 1. The fourth-order valence-electron chi connectivity index (χ4n) is 5.49. The first kappa shape index (κ1) is 34.1. The molecule has 16 heteroatoms. The maximum Gasteiger partial charge on any atom is 0.247 e. The van der Waals surface area contributed by atoms with Crippen molar-refractivity contribution >= 4 is 61.4 Å². The van der Waals surface area contributed by atoms with Crippen molar-refractivity contribution < 1.29 is 32.0 Å². The lowest BCUT2D eigenvalue weighted by molar-refractivity contribution is -0.160. The van der Waals surface area contributed by atoms with Gasteiger partial charge < -0.3 is 20.9 Å². The van der Waals surface area contributed by atoms with Gasteiger partial charge in [0.25, 0.3) is 0 Å². The molecule has 0 unspecified atom stereocenters. The summed E-state index contributed by atoms with van der Waals surface area (Å²) in [6, 6.07) is 7.09. The van der Waals surface area contributed by atoms with E-state index in [-0.39, 0.29) is 22.9 Å². The fraction of sp³-hybridized carbons (Fsp3) is 0.571. The van der Waals surface area contributed by atoms with Gasteiger partial charge in [-0.1, -0.05) is 60.9 Å². The average Bonchev–Trinajstić information content (AvgIpc) is 3.67. The second-order valence-corrected chi connectivity index (χ2v) is 14.6. The van der Waals surface area contributed by atoms with Gasteiger partial charge in [-0.3, -0.25) is 14.4 Å². The number of likely N-dealkylation sites (tertiary alicyclic amines) is 1. The van der Waals surface area contributed by atoms with Crippen LogP contribution in [0.4, 0.5) is 10.1 Å². The molecule has 2 aromatic rings. The van der Waals surface area contributed by atoms with Crippen LogP contribution in [0.25, 0.3) is 11.3 Å². The Morgan fingerprint density at radius 1 is 1.11 bits per heavy atom. The number of rotatable bonds is 13. The van der Waals surface area contributed by atoms with Crippen molar-refractivity contribution in [2.75, 3.05) is 36.0 Å². The first-order chi connectivity index (χ1) is 21.0. The number of hydrogen-bond acceptors (Lipinski definition) is 11. The van der Waals surface area contributed by atoms with E-state index in [0.717, 1.165) is 53.4 Å². The Kier molecular flexibility index (Phi) is 12.0. The van der Waals surface area contributed by atoms with Gasteiger partial charge in [0.2, 0.25) is 32.9 Å². The van der Waals surface area contributed by atoms with Gasteiger partial charge in [0.1, 0.15) is 22.8 Å². The van der Waals surface area contributed by atoms with Crippen LogP contribution in [0.3, 0.4) is 0 Å². The Morgan fingerprint density at radius 2 is 1.82 bits per heavy atom. The zero-order valence-corrected chi connectivity index (χ0v) is 27.7. The van der Waals surface area contributed by atoms with E-state index >= 15 is 0 Å². The summed E-state index contributed by atoms with van der Waals surface area (Å²) in [4.78, 5) is 51.5. The van der Waals surface area contributed by atoms with Crippen LogP contribution >= 0.6 is 23.6 Å². The summed E-state index contributed by atoms with van der Waals surface area (Å²) in [5.74, 6) is -0.925. The standard InChI is InChI=1S/C28H40N6O7S3/c1-18(29-2)24(35)30-23(20-14-9-6-10-15-20)27(37)33-17-11-16-21(33)25(36)32-26-22(19-12-7-5-8-13-19)31-28(42-26)34(43-41-40-3)44(4,38)39/h5,7-8,12-13,18,20-21,23,29H,6,9-11,14-17H2,1-4H3,(H,30,35)(H,32,36)/t18-,21-,23-/m0/s1. The molecule has 13 nitrogen and oxygen atoms in total. The molecule has 1 aliphatic heterocycles. The number of thiazole rings is 1. The predicted molar refractivity (Wildman–Crippen MR) is 171 cm³/mol. The van der Waals surface area contributed by atoms with Crippen LogP contribution < -0.4 is 19.7 Å². The Bertz CT molecular complexity index is 1400. The van der Waals surface area contributed by atoms with Crippen molar-refractivity contribution in [1.82, 2.24) is 20.5 Å². The summed E-state index contributed by atoms with van der Waals surface area (Å²) in [6.45, 7) is 2.13. The van der Waals surface area contributed by atoms with Gasteiger partial charge in [-0.25, -0.2) is 18.3 Å².